The molecule has 3 aromatic rings. The third-order valence-electron chi connectivity index (χ3n) is 6.85. The maximum absolute atomic E-state index is 6.60. The van der Waals surface area contributed by atoms with E-state index in [2.05, 4.69) is 98.4 Å². The molecule has 0 fully saturated rings. The van der Waals surface area contributed by atoms with Crippen LogP contribution >= 0.6 is 31.9 Å². The van der Waals surface area contributed by atoms with Gasteiger partial charge in [0, 0.05) is 22.0 Å². The van der Waals surface area contributed by atoms with Gasteiger partial charge in [-0.2, -0.15) is 5.10 Å². The lowest BCUT2D eigenvalue weighted by atomic mass is 9.96. The van der Waals surface area contributed by atoms with Crippen molar-refractivity contribution in [3.8, 4) is 11.5 Å². The SMILES string of the molecule is CCCCCCCCOc1ccc([C@H]2Oc3c(Br)cc(Br)cc3[C@H]3CC(c4ccccc4)=NN32)cc1. The average Bonchev–Trinajstić information content (AvgIpc) is 3.35. The van der Waals surface area contributed by atoms with E-state index >= 15 is 0 Å². The molecule has 4 nitrogen and oxygen atoms in total. The third-order valence-corrected chi connectivity index (χ3v) is 7.89. The second-order valence-corrected chi connectivity index (χ2v) is 11.2. The molecule has 2 aliphatic heterocycles. The molecule has 2 atom stereocenters. The minimum absolute atomic E-state index is 0.103. The van der Waals surface area contributed by atoms with Crippen molar-refractivity contribution in [2.24, 2.45) is 5.10 Å². The van der Waals surface area contributed by atoms with Gasteiger partial charge in [-0.15, -0.1) is 0 Å². The van der Waals surface area contributed by atoms with E-state index in [1.165, 1.54) is 32.1 Å². The van der Waals surface area contributed by atoms with E-state index in [1.54, 1.807) is 0 Å². The molecule has 0 saturated carbocycles. The number of hydrogen-bond acceptors (Lipinski definition) is 4. The smallest absolute Gasteiger partial charge is 0.213 e. The zero-order valence-electron chi connectivity index (χ0n) is 20.6. The number of nitrogens with zero attached hydrogens (tertiary/aromatic N) is 2. The minimum atomic E-state index is -0.311. The van der Waals surface area contributed by atoms with Gasteiger partial charge in [-0.25, -0.2) is 5.01 Å². The molecular formula is C30H32Br2N2O2. The molecule has 0 aromatic heterocycles. The molecule has 3 aromatic carbocycles. The van der Waals surface area contributed by atoms with Crippen molar-refractivity contribution < 1.29 is 9.47 Å². The van der Waals surface area contributed by atoms with Crippen molar-refractivity contribution in [2.75, 3.05) is 6.61 Å². The maximum Gasteiger partial charge on any atom is 0.213 e. The molecule has 188 valence electrons. The molecular weight excluding hydrogens is 580 g/mol. The zero-order valence-corrected chi connectivity index (χ0v) is 23.8. The molecule has 0 amide bonds. The topological polar surface area (TPSA) is 34.1 Å². The summed E-state index contributed by atoms with van der Waals surface area (Å²) < 4.78 is 14.6. The van der Waals surface area contributed by atoms with Gasteiger partial charge in [-0.3, -0.25) is 0 Å². The van der Waals surface area contributed by atoms with Gasteiger partial charge in [0.2, 0.25) is 6.23 Å². The number of hydrogen-bond donors (Lipinski definition) is 0. The molecule has 0 saturated heterocycles. The summed E-state index contributed by atoms with van der Waals surface area (Å²) in [7, 11) is 0. The van der Waals surface area contributed by atoms with E-state index in [0.717, 1.165) is 62.3 Å². The number of rotatable bonds is 10. The highest BCUT2D eigenvalue weighted by atomic mass is 79.9. The normalized spacial score (nSPS) is 18.3. The van der Waals surface area contributed by atoms with E-state index in [0.29, 0.717) is 0 Å². The number of fused-ring (bicyclic) bond motifs is 3. The van der Waals surface area contributed by atoms with Crippen LogP contribution in [0.25, 0.3) is 0 Å². The Labute approximate surface area is 231 Å². The number of ether oxygens (including phenoxy) is 2. The van der Waals surface area contributed by atoms with Crippen LogP contribution in [0.1, 0.15) is 80.8 Å². The van der Waals surface area contributed by atoms with Gasteiger partial charge in [0.25, 0.3) is 0 Å². The van der Waals surface area contributed by atoms with E-state index in [1.807, 2.05) is 12.1 Å². The molecule has 0 bridgehead atoms. The summed E-state index contributed by atoms with van der Waals surface area (Å²) in [5.74, 6) is 1.79. The van der Waals surface area contributed by atoms with Gasteiger partial charge in [0.15, 0.2) is 0 Å². The largest absolute Gasteiger partial charge is 0.494 e. The Morgan fingerprint density at radius 3 is 2.47 bits per heavy atom. The Kier molecular flexibility index (Phi) is 8.32. The Morgan fingerprint density at radius 2 is 1.69 bits per heavy atom. The fraction of sp³-hybridized carbons (Fsp3) is 0.367. The molecule has 0 spiro atoms. The van der Waals surface area contributed by atoms with Gasteiger partial charge >= 0.3 is 0 Å². The van der Waals surface area contributed by atoms with Gasteiger partial charge in [0.05, 0.1) is 22.8 Å². The molecule has 0 radical (unpaired) electrons. The van der Waals surface area contributed by atoms with E-state index < -0.39 is 0 Å². The van der Waals surface area contributed by atoms with Crippen molar-refractivity contribution >= 4 is 37.6 Å². The van der Waals surface area contributed by atoms with Gasteiger partial charge in [-0.1, -0.05) is 85.3 Å². The molecule has 2 aliphatic rings. The summed E-state index contributed by atoms with van der Waals surface area (Å²) in [4.78, 5) is 0. The van der Waals surface area contributed by atoms with Crippen LogP contribution in [0.2, 0.25) is 0 Å². The second-order valence-electron chi connectivity index (χ2n) is 9.47. The Balaban J connectivity index is 1.34. The molecule has 6 heteroatoms. The highest BCUT2D eigenvalue weighted by Crippen LogP contribution is 2.50. The van der Waals surface area contributed by atoms with Crippen molar-refractivity contribution in [1.29, 1.82) is 0 Å². The first kappa shape index (κ1) is 25.3. The number of hydrazone groups is 1. The van der Waals surface area contributed by atoms with Crippen molar-refractivity contribution in [3.63, 3.8) is 0 Å². The van der Waals surface area contributed by atoms with Crippen molar-refractivity contribution in [1.82, 2.24) is 5.01 Å². The van der Waals surface area contributed by atoms with Crippen LogP contribution in [0.15, 0.2) is 80.8 Å². The number of unbranched alkanes of at least 4 members (excludes halogenated alkanes) is 5. The predicted molar refractivity (Wildman–Crippen MR) is 153 cm³/mol. The van der Waals surface area contributed by atoms with Gasteiger partial charge in [-0.05, 0) is 64.3 Å². The lowest BCUT2D eigenvalue weighted by Crippen LogP contribution is -2.33. The third kappa shape index (κ3) is 5.65. The standard InChI is InChI=1S/C30H32Br2N2O2/c1-2-3-4-5-6-10-17-35-24-15-13-22(14-16-24)30-34-28(20-27(33-34)21-11-8-7-9-12-21)25-18-23(31)19-26(32)29(25)36-30/h7-9,11-16,18-19,28,30H,2-6,10,17,20H2,1H3/t28-,30-/m1/s1. The average molecular weight is 612 g/mol. The molecule has 2 heterocycles. The molecule has 0 unspecified atom stereocenters. The molecule has 0 aliphatic carbocycles. The van der Waals surface area contributed by atoms with Crippen LogP contribution in [-0.2, 0) is 0 Å². The Bertz CT molecular complexity index is 1200. The maximum atomic E-state index is 6.60. The van der Waals surface area contributed by atoms with Crippen LogP contribution in [0.4, 0.5) is 0 Å². The molecule has 5 rings (SSSR count). The number of benzene rings is 3. The monoisotopic (exact) mass is 610 g/mol. The number of halogens is 2. The first-order valence-electron chi connectivity index (χ1n) is 12.9. The summed E-state index contributed by atoms with van der Waals surface area (Å²) in [5, 5.41) is 7.19. The zero-order chi connectivity index (χ0) is 24.9. The molecule has 36 heavy (non-hydrogen) atoms. The lowest BCUT2D eigenvalue weighted by Gasteiger charge is -2.38. The fourth-order valence-corrected chi connectivity index (χ4v) is 6.29. The summed E-state index contributed by atoms with van der Waals surface area (Å²) in [6.45, 7) is 3.01. The highest BCUT2D eigenvalue weighted by molar-refractivity contribution is 9.11. The first-order chi connectivity index (χ1) is 17.6. The van der Waals surface area contributed by atoms with Crippen molar-refractivity contribution in [3.05, 3.63) is 92.4 Å². The Morgan fingerprint density at radius 1 is 0.944 bits per heavy atom. The van der Waals surface area contributed by atoms with Crippen molar-refractivity contribution in [2.45, 2.75) is 64.1 Å². The summed E-state index contributed by atoms with van der Waals surface area (Å²) in [5.41, 5.74) is 4.43. The van der Waals surface area contributed by atoms with Crippen LogP contribution < -0.4 is 9.47 Å². The van der Waals surface area contributed by atoms with Crippen LogP contribution in [0, 0.1) is 0 Å². The highest BCUT2D eigenvalue weighted by Gasteiger charge is 2.41. The second kappa shape index (κ2) is 11.8. The minimum Gasteiger partial charge on any atom is -0.494 e. The van der Waals surface area contributed by atoms with Crippen LogP contribution in [0.5, 0.6) is 11.5 Å². The van der Waals surface area contributed by atoms with Gasteiger partial charge in [0.1, 0.15) is 11.5 Å². The quantitative estimate of drug-likeness (QED) is 0.214. The van der Waals surface area contributed by atoms with Gasteiger partial charge < -0.3 is 9.47 Å². The summed E-state index contributed by atoms with van der Waals surface area (Å²) in [6.07, 6.45) is 8.09. The van der Waals surface area contributed by atoms with E-state index in [4.69, 9.17) is 14.6 Å². The van der Waals surface area contributed by atoms with Crippen LogP contribution in [0.3, 0.4) is 0 Å². The van der Waals surface area contributed by atoms with E-state index in [-0.39, 0.29) is 12.3 Å². The summed E-state index contributed by atoms with van der Waals surface area (Å²) >= 11 is 7.38. The molecule has 0 N–H and O–H groups in total. The van der Waals surface area contributed by atoms with E-state index in [9.17, 15) is 0 Å². The Hall–Kier alpha value is -2.31. The summed E-state index contributed by atoms with van der Waals surface area (Å²) in [6, 6.07) is 23.0. The lowest BCUT2D eigenvalue weighted by molar-refractivity contribution is -0.0197. The first-order valence-corrected chi connectivity index (χ1v) is 14.5. The fourth-order valence-electron chi connectivity index (χ4n) is 4.94. The van der Waals surface area contributed by atoms with Crippen LogP contribution in [-0.4, -0.2) is 17.3 Å². The predicted octanol–water partition coefficient (Wildman–Crippen LogP) is 9.19.